The minimum absolute atomic E-state index is 0.418. The number of aliphatic hydroxyl groups is 3. The number of likely N-dealkylation sites (tertiary alicyclic amines) is 1. The van der Waals surface area contributed by atoms with Gasteiger partial charge in [0.05, 0.1) is 11.9 Å². The van der Waals surface area contributed by atoms with Crippen LogP contribution in [-0.2, 0) is 6.42 Å². The first-order chi connectivity index (χ1) is 19.9. The standard InChI is InChI=1S/C16H26O.C12H19NO3.C6H4.C2H6/c1-3-12-16(17,13-4-2)14-8-11-15-9-6-5-7-10-15;1-2-9-5-6-13(8-9)11(12(14)15)10-4-3-7-16-10;1-2-4-6-5-3-1;1-2/h5-7,9-10,17H,3-4,8,11-14H2,1-2H3;3-4,7,9,11-12,14-15H,2,5-6,8H2,1H3;1-4H;1-2H3. The summed E-state index contributed by atoms with van der Waals surface area (Å²) in [4.78, 5) is 2.09. The molecule has 1 fully saturated rings. The van der Waals surface area contributed by atoms with Gasteiger partial charge < -0.3 is 19.7 Å². The molecule has 1 aliphatic rings. The summed E-state index contributed by atoms with van der Waals surface area (Å²) in [6, 6.07) is 26.7. The first-order valence-corrected chi connectivity index (χ1v) is 15.6. The Morgan fingerprint density at radius 2 is 1.54 bits per heavy atom. The van der Waals surface area contributed by atoms with E-state index in [4.69, 9.17) is 4.42 Å². The molecule has 0 radical (unpaired) electrons. The second-order valence-electron chi connectivity index (χ2n) is 10.5. The van der Waals surface area contributed by atoms with Crippen LogP contribution in [0.4, 0.5) is 0 Å². The molecule has 3 N–H and O–H groups in total. The molecule has 0 bridgehead atoms. The maximum atomic E-state index is 10.5. The first kappa shape index (κ1) is 36.4. The maximum Gasteiger partial charge on any atom is 0.174 e. The van der Waals surface area contributed by atoms with Crippen LogP contribution < -0.4 is 0 Å². The highest BCUT2D eigenvalue weighted by Crippen LogP contribution is 2.31. The molecule has 2 atom stereocenters. The summed E-state index contributed by atoms with van der Waals surface area (Å²) in [6.45, 7) is 12.3. The molecule has 1 aliphatic heterocycles. The van der Waals surface area contributed by atoms with E-state index in [1.165, 1.54) is 5.56 Å². The molecular formula is C36H55NO4. The van der Waals surface area contributed by atoms with E-state index in [1.807, 2.05) is 44.2 Å². The molecule has 0 aliphatic carbocycles. The van der Waals surface area contributed by atoms with Gasteiger partial charge in [0.2, 0.25) is 0 Å². The minimum atomic E-state index is -1.39. The van der Waals surface area contributed by atoms with Gasteiger partial charge in [-0.05, 0) is 80.8 Å². The highest BCUT2D eigenvalue weighted by Gasteiger charge is 2.33. The number of aryl methyl sites for hydroxylation is 1. The van der Waals surface area contributed by atoms with Crippen LogP contribution in [0.3, 0.4) is 0 Å². The van der Waals surface area contributed by atoms with E-state index in [9.17, 15) is 15.3 Å². The number of furan rings is 1. The van der Waals surface area contributed by atoms with Crippen molar-refractivity contribution in [2.75, 3.05) is 13.1 Å². The highest BCUT2D eigenvalue weighted by molar-refractivity contribution is 5.14. The fourth-order valence-corrected chi connectivity index (χ4v) is 5.30. The molecule has 1 aromatic heterocycles. The Morgan fingerprint density at radius 3 is 1.98 bits per heavy atom. The maximum absolute atomic E-state index is 10.5. The smallest absolute Gasteiger partial charge is 0.174 e. The summed E-state index contributed by atoms with van der Waals surface area (Å²) in [5.74, 6) is 1.29. The SMILES string of the molecule is CC.CCC1CCN(C(c2ccco2)C(O)O)C1.CCCC(O)(CCC)CCCc1ccccc1.c1ccccc#1. The van der Waals surface area contributed by atoms with Crippen molar-refractivity contribution in [3.8, 4) is 0 Å². The molecule has 2 heterocycles. The molecule has 5 nitrogen and oxygen atoms in total. The lowest BCUT2D eigenvalue weighted by Gasteiger charge is -2.27. The molecule has 0 spiro atoms. The normalized spacial score (nSPS) is 15.4. The van der Waals surface area contributed by atoms with E-state index in [-0.39, 0.29) is 0 Å². The van der Waals surface area contributed by atoms with Gasteiger partial charge >= 0.3 is 0 Å². The zero-order valence-electron chi connectivity index (χ0n) is 26.1. The second kappa shape index (κ2) is 22.0. The zero-order chi connectivity index (χ0) is 30.3. The van der Waals surface area contributed by atoms with Crippen LogP contribution in [0.25, 0.3) is 0 Å². The monoisotopic (exact) mass is 565 g/mol. The van der Waals surface area contributed by atoms with Gasteiger partial charge in [-0.2, -0.15) is 0 Å². The number of hydrogen-bond acceptors (Lipinski definition) is 5. The van der Waals surface area contributed by atoms with Gasteiger partial charge in [0.15, 0.2) is 6.29 Å². The number of nitrogens with zero attached hydrogens (tertiary/aromatic N) is 1. The second-order valence-corrected chi connectivity index (χ2v) is 10.5. The van der Waals surface area contributed by atoms with E-state index in [0.717, 1.165) is 70.9 Å². The minimum Gasteiger partial charge on any atom is -0.467 e. The summed E-state index contributed by atoms with van der Waals surface area (Å²) in [6.07, 6.45) is 9.57. The molecule has 2 aromatic carbocycles. The van der Waals surface area contributed by atoms with Crippen LogP contribution in [-0.4, -0.2) is 45.2 Å². The van der Waals surface area contributed by atoms with Crippen molar-refractivity contribution in [3.63, 3.8) is 0 Å². The molecule has 1 saturated heterocycles. The molecule has 0 saturated carbocycles. The quantitative estimate of drug-likeness (QED) is 0.194. The third-order valence-corrected chi connectivity index (χ3v) is 7.34. The Bertz CT molecular complexity index is 914. The van der Waals surface area contributed by atoms with Crippen LogP contribution in [0.2, 0.25) is 0 Å². The Balaban J connectivity index is 0.000000325. The van der Waals surface area contributed by atoms with Gasteiger partial charge in [0.1, 0.15) is 11.8 Å². The summed E-state index contributed by atoms with van der Waals surface area (Å²) >= 11 is 0. The van der Waals surface area contributed by atoms with Gasteiger partial charge in [0, 0.05) is 6.54 Å². The fourth-order valence-electron chi connectivity index (χ4n) is 5.30. The van der Waals surface area contributed by atoms with Crippen molar-refractivity contribution in [2.24, 2.45) is 5.92 Å². The van der Waals surface area contributed by atoms with Crippen LogP contribution in [0, 0.1) is 18.1 Å². The Kier molecular flexibility index (Phi) is 19.6. The van der Waals surface area contributed by atoms with Crippen molar-refractivity contribution < 1.29 is 19.7 Å². The van der Waals surface area contributed by atoms with Gasteiger partial charge in [-0.25, -0.2) is 0 Å². The number of aliphatic hydroxyl groups excluding tert-OH is 1. The summed E-state index contributed by atoms with van der Waals surface area (Å²) in [5.41, 5.74) is 0.959. The lowest BCUT2D eigenvalue weighted by molar-refractivity contribution is -0.104. The van der Waals surface area contributed by atoms with Gasteiger partial charge in [-0.3, -0.25) is 4.90 Å². The molecule has 41 heavy (non-hydrogen) atoms. The Hall–Kier alpha value is -2.62. The van der Waals surface area contributed by atoms with E-state index in [2.05, 4.69) is 62.1 Å². The molecule has 4 rings (SSSR count). The lowest BCUT2D eigenvalue weighted by atomic mass is 9.87. The summed E-state index contributed by atoms with van der Waals surface area (Å²) in [7, 11) is 0. The molecule has 5 heteroatoms. The van der Waals surface area contributed by atoms with E-state index < -0.39 is 17.9 Å². The third-order valence-electron chi connectivity index (χ3n) is 7.34. The Morgan fingerprint density at radius 1 is 0.902 bits per heavy atom. The summed E-state index contributed by atoms with van der Waals surface area (Å²) in [5, 5.41) is 29.4. The molecule has 228 valence electrons. The van der Waals surface area contributed by atoms with Crippen LogP contribution in [0.15, 0.2) is 77.4 Å². The fraction of sp³-hybridized carbons (Fsp3) is 0.556. The summed E-state index contributed by atoms with van der Waals surface area (Å²) < 4.78 is 5.28. The van der Waals surface area contributed by atoms with Crippen LogP contribution in [0.1, 0.15) is 103 Å². The van der Waals surface area contributed by atoms with E-state index >= 15 is 0 Å². The molecular weight excluding hydrogens is 510 g/mol. The Labute approximate surface area is 250 Å². The number of hydrogen-bond donors (Lipinski definition) is 3. The van der Waals surface area contributed by atoms with Gasteiger partial charge in [-0.15, -0.1) is 0 Å². The van der Waals surface area contributed by atoms with E-state index in [0.29, 0.717) is 11.7 Å². The van der Waals surface area contributed by atoms with Crippen LogP contribution in [0.5, 0.6) is 0 Å². The predicted molar refractivity (Wildman–Crippen MR) is 169 cm³/mol. The lowest BCUT2D eigenvalue weighted by Crippen LogP contribution is -2.34. The van der Waals surface area contributed by atoms with Crippen molar-refractivity contribution in [2.45, 2.75) is 110 Å². The van der Waals surface area contributed by atoms with E-state index in [1.54, 1.807) is 18.4 Å². The predicted octanol–water partition coefficient (Wildman–Crippen LogP) is 8.02. The number of benzene rings is 1. The average Bonchev–Trinajstić information content (AvgIpc) is 3.70. The van der Waals surface area contributed by atoms with Gasteiger partial charge in [-0.1, -0.05) is 108 Å². The third kappa shape index (κ3) is 14.7. The van der Waals surface area contributed by atoms with Crippen molar-refractivity contribution in [3.05, 3.63) is 96.4 Å². The van der Waals surface area contributed by atoms with Crippen molar-refractivity contribution >= 4 is 0 Å². The van der Waals surface area contributed by atoms with Crippen molar-refractivity contribution in [1.82, 2.24) is 4.90 Å². The zero-order valence-corrected chi connectivity index (χ0v) is 26.1. The number of rotatable bonds is 12. The topological polar surface area (TPSA) is 77.1 Å². The molecule has 2 unspecified atom stereocenters. The highest BCUT2D eigenvalue weighted by atomic mass is 16.5. The van der Waals surface area contributed by atoms with Crippen molar-refractivity contribution in [1.29, 1.82) is 0 Å². The van der Waals surface area contributed by atoms with Crippen LogP contribution >= 0.6 is 0 Å². The first-order valence-electron chi connectivity index (χ1n) is 15.6. The molecule has 0 amide bonds. The largest absolute Gasteiger partial charge is 0.467 e. The average molecular weight is 566 g/mol. The van der Waals surface area contributed by atoms with Gasteiger partial charge in [0.25, 0.3) is 0 Å². The molecule has 3 aromatic rings.